The Morgan fingerprint density at radius 1 is 1.00 bits per heavy atom. The summed E-state index contributed by atoms with van der Waals surface area (Å²) in [6.45, 7) is 13.3. The fraction of sp³-hybridized carbons (Fsp3) is 0.760. The molecule has 0 N–H and O–H groups in total. The number of ether oxygens (including phenoxy) is 2. The summed E-state index contributed by atoms with van der Waals surface area (Å²) in [5, 5.41) is 0. The Morgan fingerprint density at radius 2 is 1.71 bits per heavy atom. The minimum Gasteiger partial charge on any atom is -0.370 e. The third-order valence-electron chi connectivity index (χ3n) is 6.20. The normalized spacial score (nSPS) is 26.6. The van der Waals surface area contributed by atoms with Crippen LogP contribution in [-0.2, 0) is 25.2 Å². The van der Waals surface area contributed by atoms with Gasteiger partial charge in [-0.15, -0.1) is 0 Å². The zero-order valence-corrected chi connectivity index (χ0v) is 21.2. The van der Waals surface area contributed by atoms with E-state index < -0.39 is 7.37 Å². The minimum absolute atomic E-state index is 0.0341. The number of benzene rings is 1. The van der Waals surface area contributed by atoms with Crippen molar-refractivity contribution in [2.75, 3.05) is 32.7 Å². The molecule has 0 aromatic heterocycles. The van der Waals surface area contributed by atoms with E-state index in [1.165, 1.54) is 32.1 Å². The molecular weight excluding hydrogens is 409 g/mol. The third-order valence-corrected chi connectivity index (χ3v) is 7.62. The Kier molecular flexibility index (Phi) is 11.8. The van der Waals surface area contributed by atoms with Crippen LogP contribution in [0.2, 0.25) is 0 Å². The standard InChI is InChI=1S/C25H44NO4P/c1-6-8-9-10-14-17-26-18-21(3)24(28-19-23-15-12-11-13-16-23)25(22(26)4)29-20-31(5,27)30-7-2/h11-13,15-16,21-22,24-25H,6-10,14,17-20H2,1-5H3/t21-,22+,24+,25-,31?/m0/s1. The Balaban J connectivity index is 2.04. The number of nitrogens with zero attached hydrogens (tertiary/aromatic N) is 1. The van der Waals surface area contributed by atoms with Crippen LogP contribution in [0.5, 0.6) is 0 Å². The second-order valence-corrected chi connectivity index (χ2v) is 11.6. The molecule has 0 aliphatic carbocycles. The van der Waals surface area contributed by atoms with E-state index in [9.17, 15) is 4.57 Å². The summed E-state index contributed by atoms with van der Waals surface area (Å²) in [6, 6.07) is 10.5. The smallest absolute Gasteiger partial charge is 0.225 e. The Labute approximate surface area is 190 Å². The highest BCUT2D eigenvalue weighted by molar-refractivity contribution is 7.57. The van der Waals surface area contributed by atoms with Gasteiger partial charge in [-0.3, -0.25) is 9.46 Å². The summed E-state index contributed by atoms with van der Waals surface area (Å²) in [5.74, 6) is 0.337. The second kappa shape index (κ2) is 13.7. The molecule has 2 rings (SSSR count). The van der Waals surface area contributed by atoms with E-state index in [1.807, 2.05) is 25.1 Å². The SMILES string of the molecule is CCCCCCCN1C[C@H](C)[C@@H](OCc2ccccc2)[C@@H](OCP(C)(=O)OCC)[C@H]1C. The van der Waals surface area contributed by atoms with Crippen LogP contribution in [0.15, 0.2) is 30.3 Å². The van der Waals surface area contributed by atoms with Crippen molar-refractivity contribution in [3.63, 3.8) is 0 Å². The molecule has 1 aromatic carbocycles. The zero-order valence-electron chi connectivity index (χ0n) is 20.3. The number of unbranched alkanes of at least 4 members (excludes halogenated alkanes) is 4. The van der Waals surface area contributed by atoms with Gasteiger partial charge >= 0.3 is 0 Å². The largest absolute Gasteiger partial charge is 0.370 e. The molecular formula is C25H44NO4P. The maximum Gasteiger partial charge on any atom is 0.225 e. The molecule has 1 fully saturated rings. The van der Waals surface area contributed by atoms with Crippen molar-refractivity contribution >= 4 is 7.37 Å². The minimum atomic E-state index is -2.76. The van der Waals surface area contributed by atoms with Gasteiger partial charge in [0.25, 0.3) is 0 Å². The first kappa shape index (κ1) is 26.5. The van der Waals surface area contributed by atoms with Gasteiger partial charge in [-0.1, -0.05) is 69.9 Å². The van der Waals surface area contributed by atoms with Gasteiger partial charge < -0.3 is 14.0 Å². The van der Waals surface area contributed by atoms with Gasteiger partial charge in [-0.05, 0) is 38.3 Å². The zero-order chi connectivity index (χ0) is 22.7. The molecule has 178 valence electrons. The van der Waals surface area contributed by atoms with Gasteiger partial charge in [0.15, 0.2) is 0 Å². The number of likely N-dealkylation sites (tertiary alicyclic amines) is 1. The molecule has 6 heteroatoms. The summed E-state index contributed by atoms with van der Waals surface area (Å²) < 4.78 is 30.9. The van der Waals surface area contributed by atoms with Gasteiger partial charge in [0.05, 0.1) is 25.4 Å². The van der Waals surface area contributed by atoms with E-state index in [-0.39, 0.29) is 24.6 Å². The number of hydrogen-bond donors (Lipinski definition) is 0. The lowest BCUT2D eigenvalue weighted by Crippen LogP contribution is -2.59. The topological polar surface area (TPSA) is 48.0 Å². The third kappa shape index (κ3) is 8.98. The molecule has 0 spiro atoms. The van der Waals surface area contributed by atoms with Crippen molar-refractivity contribution in [1.29, 1.82) is 0 Å². The Bertz CT molecular complexity index is 656. The first-order chi connectivity index (χ1) is 14.9. The average molecular weight is 454 g/mol. The number of piperidine rings is 1. The number of hydrogen-bond acceptors (Lipinski definition) is 5. The molecule has 31 heavy (non-hydrogen) atoms. The van der Waals surface area contributed by atoms with Crippen LogP contribution < -0.4 is 0 Å². The molecule has 0 saturated carbocycles. The highest BCUT2D eigenvalue weighted by Gasteiger charge is 2.41. The summed E-state index contributed by atoms with van der Waals surface area (Å²) in [6.07, 6.45) is 6.36. The Hall–Kier alpha value is -0.710. The van der Waals surface area contributed by atoms with Crippen molar-refractivity contribution in [3.05, 3.63) is 35.9 Å². The maximum atomic E-state index is 12.7. The van der Waals surface area contributed by atoms with E-state index in [2.05, 4.69) is 37.8 Å². The molecule has 0 amide bonds. The van der Waals surface area contributed by atoms with Gasteiger partial charge in [0, 0.05) is 19.3 Å². The van der Waals surface area contributed by atoms with Crippen LogP contribution in [-0.4, -0.2) is 55.9 Å². The lowest BCUT2D eigenvalue weighted by molar-refractivity contribution is -0.151. The Morgan fingerprint density at radius 3 is 2.39 bits per heavy atom. The molecule has 1 aromatic rings. The highest BCUT2D eigenvalue weighted by atomic mass is 31.2. The van der Waals surface area contributed by atoms with Crippen molar-refractivity contribution in [2.24, 2.45) is 5.92 Å². The second-order valence-electron chi connectivity index (χ2n) is 9.08. The van der Waals surface area contributed by atoms with Crippen LogP contribution in [0.3, 0.4) is 0 Å². The van der Waals surface area contributed by atoms with E-state index in [0.29, 0.717) is 19.1 Å². The fourth-order valence-corrected chi connectivity index (χ4v) is 5.51. The number of rotatable bonds is 14. The van der Waals surface area contributed by atoms with Crippen molar-refractivity contribution in [1.82, 2.24) is 4.90 Å². The van der Waals surface area contributed by atoms with Gasteiger partial charge in [0.2, 0.25) is 7.37 Å². The molecule has 1 saturated heterocycles. The molecule has 1 aliphatic rings. The van der Waals surface area contributed by atoms with E-state index in [1.54, 1.807) is 6.66 Å². The van der Waals surface area contributed by atoms with Gasteiger partial charge in [-0.2, -0.15) is 0 Å². The van der Waals surface area contributed by atoms with Gasteiger partial charge in [-0.25, -0.2) is 0 Å². The van der Waals surface area contributed by atoms with E-state index in [4.69, 9.17) is 14.0 Å². The lowest BCUT2D eigenvalue weighted by Gasteiger charge is -2.47. The van der Waals surface area contributed by atoms with Crippen LogP contribution in [0.1, 0.15) is 65.4 Å². The highest BCUT2D eigenvalue weighted by Crippen LogP contribution is 2.43. The maximum absolute atomic E-state index is 12.7. The quantitative estimate of drug-likeness (QED) is 0.249. The molecule has 0 bridgehead atoms. The molecule has 5 atom stereocenters. The molecule has 1 aliphatic heterocycles. The van der Waals surface area contributed by atoms with E-state index in [0.717, 1.165) is 18.7 Å². The summed E-state index contributed by atoms with van der Waals surface area (Å²) >= 11 is 0. The molecule has 0 radical (unpaired) electrons. The predicted molar refractivity (Wildman–Crippen MR) is 129 cm³/mol. The van der Waals surface area contributed by atoms with E-state index >= 15 is 0 Å². The van der Waals surface area contributed by atoms with Gasteiger partial charge in [0.1, 0.15) is 6.35 Å². The van der Waals surface area contributed by atoms with Crippen LogP contribution in [0.25, 0.3) is 0 Å². The molecule has 1 heterocycles. The summed E-state index contributed by atoms with van der Waals surface area (Å²) in [7, 11) is -2.76. The summed E-state index contributed by atoms with van der Waals surface area (Å²) in [4.78, 5) is 2.53. The fourth-order valence-electron chi connectivity index (χ4n) is 4.45. The van der Waals surface area contributed by atoms with Crippen LogP contribution in [0.4, 0.5) is 0 Å². The summed E-state index contributed by atoms with van der Waals surface area (Å²) in [5.41, 5.74) is 1.16. The van der Waals surface area contributed by atoms with Crippen molar-refractivity contribution < 1.29 is 18.6 Å². The first-order valence-electron chi connectivity index (χ1n) is 12.1. The monoisotopic (exact) mass is 453 g/mol. The average Bonchev–Trinajstić information content (AvgIpc) is 2.74. The lowest BCUT2D eigenvalue weighted by atomic mass is 9.88. The predicted octanol–water partition coefficient (Wildman–Crippen LogP) is 6.17. The first-order valence-corrected chi connectivity index (χ1v) is 14.4. The van der Waals surface area contributed by atoms with Crippen LogP contribution >= 0.6 is 7.37 Å². The van der Waals surface area contributed by atoms with Crippen molar-refractivity contribution in [2.45, 2.75) is 84.7 Å². The van der Waals surface area contributed by atoms with Crippen molar-refractivity contribution in [3.8, 4) is 0 Å². The molecule has 1 unspecified atom stereocenters. The molecule has 5 nitrogen and oxygen atoms in total. The van der Waals surface area contributed by atoms with Crippen LogP contribution in [0, 0.1) is 5.92 Å².